The van der Waals surface area contributed by atoms with Crippen LogP contribution >= 0.6 is 11.8 Å². The second-order valence-electron chi connectivity index (χ2n) is 5.25. The van der Waals surface area contributed by atoms with Crippen molar-refractivity contribution in [3.05, 3.63) is 0 Å². The molecule has 94 valence electrons. The van der Waals surface area contributed by atoms with Crippen molar-refractivity contribution < 1.29 is 4.79 Å². The number of thioether (sulfide) groups is 1. The maximum atomic E-state index is 11.7. The van der Waals surface area contributed by atoms with Crippen molar-refractivity contribution in [2.45, 2.75) is 50.8 Å². The molecule has 4 heteroatoms. The fourth-order valence-corrected chi connectivity index (χ4v) is 2.55. The van der Waals surface area contributed by atoms with Gasteiger partial charge in [0, 0.05) is 17.0 Å². The summed E-state index contributed by atoms with van der Waals surface area (Å²) in [7, 11) is 0. The predicted octanol–water partition coefficient (Wildman–Crippen LogP) is 1.78. The molecule has 0 aromatic rings. The van der Waals surface area contributed by atoms with Gasteiger partial charge in [-0.1, -0.05) is 27.2 Å². The van der Waals surface area contributed by atoms with Crippen LogP contribution in [0, 0.1) is 0 Å². The standard InChI is InChI=1S/C12H24N2OS/c1-12(2,3)16-9-8-14-11(15)10-6-4-5-7-13-10/h10,13H,4-9H2,1-3H3,(H,14,15). The van der Waals surface area contributed by atoms with E-state index in [0.29, 0.717) is 0 Å². The van der Waals surface area contributed by atoms with Crippen LogP contribution in [0.4, 0.5) is 0 Å². The van der Waals surface area contributed by atoms with Crippen LogP contribution in [0.25, 0.3) is 0 Å². The van der Waals surface area contributed by atoms with Gasteiger partial charge >= 0.3 is 0 Å². The Kier molecular flexibility index (Phi) is 5.62. The van der Waals surface area contributed by atoms with Crippen molar-refractivity contribution in [2.24, 2.45) is 0 Å². The van der Waals surface area contributed by atoms with Gasteiger partial charge in [-0.05, 0) is 19.4 Å². The molecule has 0 aromatic heterocycles. The van der Waals surface area contributed by atoms with E-state index < -0.39 is 0 Å². The van der Waals surface area contributed by atoms with Crippen molar-refractivity contribution in [1.29, 1.82) is 0 Å². The SMILES string of the molecule is CC(C)(C)SCCNC(=O)C1CCCCN1. The number of nitrogens with one attached hydrogen (secondary N) is 2. The first-order chi connectivity index (χ1) is 7.49. The molecule has 1 atom stereocenters. The van der Waals surface area contributed by atoms with Crippen LogP contribution in [0.2, 0.25) is 0 Å². The quantitative estimate of drug-likeness (QED) is 0.741. The van der Waals surface area contributed by atoms with Crippen molar-refractivity contribution in [3.8, 4) is 0 Å². The highest BCUT2D eigenvalue weighted by molar-refractivity contribution is 8.00. The van der Waals surface area contributed by atoms with Gasteiger partial charge < -0.3 is 10.6 Å². The first-order valence-electron chi connectivity index (χ1n) is 6.14. The third-order valence-corrected chi connectivity index (χ3v) is 3.84. The Hall–Kier alpha value is -0.220. The molecular formula is C12H24N2OS. The monoisotopic (exact) mass is 244 g/mol. The molecule has 2 N–H and O–H groups in total. The van der Waals surface area contributed by atoms with Gasteiger partial charge in [0.05, 0.1) is 6.04 Å². The van der Waals surface area contributed by atoms with E-state index in [0.717, 1.165) is 25.3 Å². The van der Waals surface area contributed by atoms with Gasteiger partial charge in [-0.25, -0.2) is 0 Å². The molecule has 1 unspecified atom stereocenters. The van der Waals surface area contributed by atoms with Crippen LogP contribution < -0.4 is 10.6 Å². The number of amides is 1. The van der Waals surface area contributed by atoms with E-state index in [1.54, 1.807) is 0 Å². The maximum absolute atomic E-state index is 11.7. The molecule has 1 fully saturated rings. The number of carbonyl (C=O) groups excluding carboxylic acids is 1. The van der Waals surface area contributed by atoms with E-state index in [-0.39, 0.29) is 16.7 Å². The molecule has 1 rings (SSSR count). The average Bonchev–Trinajstić information content (AvgIpc) is 2.24. The zero-order valence-corrected chi connectivity index (χ0v) is 11.5. The van der Waals surface area contributed by atoms with Gasteiger partial charge in [-0.3, -0.25) is 4.79 Å². The minimum absolute atomic E-state index is 0.0494. The molecule has 1 saturated heterocycles. The lowest BCUT2D eigenvalue weighted by Gasteiger charge is -2.23. The van der Waals surface area contributed by atoms with Crippen LogP contribution in [0.3, 0.4) is 0 Å². The normalized spacial score (nSPS) is 21.8. The Morgan fingerprint density at radius 1 is 1.44 bits per heavy atom. The number of hydrogen-bond donors (Lipinski definition) is 2. The van der Waals surface area contributed by atoms with Gasteiger partial charge in [0.15, 0.2) is 0 Å². The first-order valence-corrected chi connectivity index (χ1v) is 7.13. The van der Waals surface area contributed by atoms with Crippen molar-refractivity contribution in [3.63, 3.8) is 0 Å². The van der Waals surface area contributed by atoms with Crippen molar-refractivity contribution in [1.82, 2.24) is 10.6 Å². The molecule has 0 spiro atoms. The summed E-state index contributed by atoms with van der Waals surface area (Å²) < 4.78 is 0.286. The summed E-state index contributed by atoms with van der Waals surface area (Å²) in [5.41, 5.74) is 0. The molecule has 0 bridgehead atoms. The maximum Gasteiger partial charge on any atom is 0.237 e. The highest BCUT2D eigenvalue weighted by Gasteiger charge is 2.19. The zero-order valence-electron chi connectivity index (χ0n) is 10.6. The van der Waals surface area contributed by atoms with Gasteiger partial charge in [0.1, 0.15) is 0 Å². The minimum Gasteiger partial charge on any atom is -0.354 e. The number of carbonyl (C=O) groups is 1. The first kappa shape index (κ1) is 13.8. The Morgan fingerprint density at radius 2 is 2.19 bits per heavy atom. The Labute approximate surface area is 103 Å². The highest BCUT2D eigenvalue weighted by Crippen LogP contribution is 2.22. The third kappa shape index (κ3) is 5.75. The summed E-state index contributed by atoms with van der Waals surface area (Å²) in [5, 5.41) is 6.26. The van der Waals surface area contributed by atoms with Gasteiger partial charge in [-0.2, -0.15) is 11.8 Å². The van der Waals surface area contributed by atoms with Crippen molar-refractivity contribution >= 4 is 17.7 Å². The Balaban J connectivity index is 2.10. The molecule has 1 amide bonds. The van der Waals surface area contributed by atoms with Crippen LogP contribution in [0.1, 0.15) is 40.0 Å². The molecule has 1 aliphatic rings. The lowest BCUT2D eigenvalue weighted by atomic mass is 10.0. The average molecular weight is 244 g/mol. The lowest BCUT2D eigenvalue weighted by Crippen LogP contribution is -2.47. The summed E-state index contributed by atoms with van der Waals surface area (Å²) in [6.07, 6.45) is 3.35. The summed E-state index contributed by atoms with van der Waals surface area (Å²) in [6, 6.07) is 0.0494. The van der Waals surface area contributed by atoms with Crippen LogP contribution in [0.15, 0.2) is 0 Å². The number of hydrogen-bond acceptors (Lipinski definition) is 3. The van der Waals surface area contributed by atoms with Crippen LogP contribution in [-0.4, -0.2) is 35.5 Å². The van der Waals surface area contributed by atoms with Gasteiger partial charge in [0.2, 0.25) is 5.91 Å². The van der Waals surface area contributed by atoms with Gasteiger partial charge in [-0.15, -0.1) is 0 Å². The molecule has 0 aliphatic carbocycles. The molecule has 1 aliphatic heterocycles. The second-order valence-corrected chi connectivity index (χ2v) is 7.18. The fraction of sp³-hybridized carbons (Fsp3) is 0.917. The summed E-state index contributed by atoms with van der Waals surface area (Å²) in [6.45, 7) is 8.35. The van der Waals surface area contributed by atoms with E-state index in [9.17, 15) is 4.79 Å². The minimum atomic E-state index is 0.0494. The summed E-state index contributed by atoms with van der Waals surface area (Å²) in [4.78, 5) is 11.7. The molecule has 0 aromatic carbocycles. The molecular weight excluding hydrogens is 220 g/mol. The van der Waals surface area contributed by atoms with E-state index in [1.807, 2.05) is 11.8 Å². The van der Waals surface area contributed by atoms with Crippen LogP contribution in [0.5, 0.6) is 0 Å². The van der Waals surface area contributed by atoms with Crippen molar-refractivity contribution in [2.75, 3.05) is 18.8 Å². The highest BCUT2D eigenvalue weighted by atomic mass is 32.2. The van der Waals surface area contributed by atoms with Gasteiger partial charge in [0.25, 0.3) is 0 Å². The summed E-state index contributed by atoms with van der Waals surface area (Å²) >= 11 is 1.89. The molecule has 1 heterocycles. The number of piperidine rings is 1. The second kappa shape index (κ2) is 6.50. The zero-order chi connectivity index (χ0) is 12.0. The smallest absolute Gasteiger partial charge is 0.237 e. The molecule has 16 heavy (non-hydrogen) atoms. The Morgan fingerprint density at radius 3 is 2.75 bits per heavy atom. The largest absolute Gasteiger partial charge is 0.354 e. The summed E-state index contributed by atoms with van der Waals surface area (Å²) in [5.74, 6) is 1.16. The third-order valence-electron chi connectivity index (χ3n) is 2.56. The van der Waals surface area contributed by atoms with E-state index in [4.69, 9.17) is 0 Å². The lowest BCUT2D eigenvalue weighted by molar-refractivity contribution is -0.123. The predicted molar refractivity (Wildman–Crippen MR) is 70.9 cm³/mol. The fourth-order valence-electron chi connectivity index (χ4n) is 1.73. The van der Waals surface area contributed by atoms with E-state index in [2.05, 4.69) is 31.4 Å². The van der Waals surface area contributed by atoms with E-state index >= 15 is 0 Å². The van der Waals surface area contributed by atoms with Crippen LogP contribution in [-0.2, 0) is 4.79 Å². The molecule has 0 radical (unpaired) electrons. The Bertz CT molecular complexity index is 220. The topological polar surface area (TPSA) is 41.1 Å². The molecule has 0 saturated carbocycles. The molecule has 3 nitrogen and oxygen atoms in total. The van der Waals surface area contributed by atoms with E-state index in [1.165, 1.54) is 12.8 Å². The number of rotatable bonds is 4.